The predicted octanol–water partition coefficient (Wildman–Crippen LogP) is 4.70. The fourth-order valence-corrected chi connectivity index (χ4v) is 4.04. The molecule has 2 N–H and O–H groups in total. The molecule has 152 valence electrons. The molecule has 30 heavy (non-hydrogen) atoms. The molecule has 3 aromatic carbocycles. The average Bonchev–Trinajstić information content (AvgIpc) is 2.71. The Morgan fingerprint density at radius 3 is 2.40 bits per heavy atom. The van der Waals surface area contributed by atoms with Crippen molar-refractivity contribution < 1.29 is 9.90 Å². The number of anilines is 3. The first-order chi connectivity index (χ1) is 14.4. The van der Waals surface area contributed by atoms with E-state index >= 15 is 0 Å². The third-order valence-electron chi connectivity index (χ3n) is 4.95. The fraction of sp³-hybridized carbons (Fsp3) is 0.130. The number of carbonyl (C=O) groups is 1. The minimum absolute atomic E-state index is 0.160. The van der Waals surface area contributed by atoms with Gasteiger partial charge in [0.2, 0.25) is 0 Å². The highest BCUT2D eigenvalue weighted by Gasteiger charge is 2.19. The van der Waals surface area contributed by atoms with Crippen molar-refractivity contribution in [2.75, 3.05) is 24.3 Å². The van der Waals surface area contributed by atoms with Crippen LogP contribution in [0.25, 0.3) is 21.8 Å². The van der Waals surface area contributed by atoms with Crippen molar-refractivity contribution in [1.82, 2.24) is 4.57 Å². The van der Waals surface area contributed by atoms with Crippen LogP contribution in [0.3, 0.4) is 0 Å². The lowest BCUT2D eigenvalue weighted by atomic mass is 10.1. The van der Waals surface area contributed by atoms with E-state index in [4.69, 9.17) is 11.6 Å². The number of nitrogens with zero attached hydrogens (tertiary/aromatic N) is 2. The molecule has 0 saturated carbocycles. The van der Waals surface area contributed by atoms with Crippen LogP contribution in [0, 0.1) is 0 Å². The van der Waals surface area contributed by atoms with Crippen molar-refractivity contribution in [3.05, 3.63) is 75.9 Å². The summed E-state index contributed by atoms with van der Waals surface area (Å²) < 4.78 is 1.64. The fourth-order valence-electron chi connectivity index (χ4n) is 3.71. The van der Waals surface area contributed by atoms with Gasteiger partial charge in [0.05, 0.1) is 21.7 Å². The summed E-state index contributed by atoms with van der Waals surface area (Å²) in [5, 5.41) is 14.2. The molecule has 0 amide bonds. The molecule has 0 aliphatic carbocycles. The van der Waals surface area contributed by atoms with Gasteiger partial charge in [0.15, 0.2) is 5.43 Å². The number of aliphatic carboxylic acids is 1. The minimum Gasteiger partial charge on any atom is -0.480 e. The zero-order chi connectivity index (χ0) is 21.4. The van der Waals surface area contributed by atoms with E-state index in [0.29, 0.717) is 32.5 Å². The van der Waals surface area contributed by atoms with Gasteiger partial charge >= 0.3 is 5.97 Å². The Morgan fingerprint density at radius 2 is 1.73 bits per heavy atom. The number of hydrogen-bond donors (Lipinski definition) is 2. The molecule has 0 unspecified atom stereocenters. The topological polar surface area (TPSA) is 74.6 Å². The summed E-state index contributed by atoms with van der Waals surface area (Å²) >= 11 is 6.43. The second kappa shape index (κ2) is 7.72. The van der Waals surface area contributed by atoms with E-state index in [1.807, 2.05) is 50.5 Å². The standard InChI is InChI=1S/C23H20ClN3O3/c1-26(2)22-18(24)11-10-17-21(22)27(13-20(28)29)19-12-15(8-9-16(19)23(17)30)25-14-6-4-3-5-7-14/h3-12,25H,13H2,1-2H3,(H,28,29). The zero-order valence-electron chi connectivity index (χ0n) is 16.5. The number of fused-ring (bicyclic) bond motifs is 2. The smallest absolute Gasteiger partial charge is 0.323 e. The Morgan fingerprint density at radius 1 is 1.03 bits per heavy atom. The molecule has 0 fully saturated rings. The molecule has 1 aromatic heterocycles. The summed E-state index contributed by atoms with van der Waals surface area (Å²) in [6, 6.07) is 18.3. The van der Waals surface area contributed by atoms with Gasteiger partial charge in [-0.25, -0.2) is 0 Å². The summed E-state index contributed by atoms with van der Waals surface area (Å²) in [6.45, 7) is -0.302. The number of pyridine rings is 1. The molecular formula is C23H20ClN3O3. The molecule has 0 atom stereocenters. The third kappa shape index (κ3) is 3.46. The van der Waals surface area contributed by atoms with Crippen LogP contribution in [0.2, 0.25) is 5.02 Å². The van der Waals surface area contributed by atoms with Gasteiger partial charge in [0.25, 0.3) is 0 Å². The van der Waals surface area contributed by atoms with Gasteiger partial charge < -0.3 is 19.9 Å². The largest absolute Gasteiger partial charge is 0.480 e. The van der Waals surface area contributed by atoms with E-state index in [1.54, 1.807) is 33.7 Å². The van der Waals surface area contributed by atoms with Gasteiger partial charge in [0, 0.05) is 36.2 Å². The highest BCUT2D eigenvalue weighted by Crippen LogP contribution is 2.34. The number of hydrogen-bond acceptors (Lipinski definition) is 4. The van der Waals surface area contributed by atoms with Gasteiger partial charge in [0.1, 0.15) is 6.54 Å². The molecule has 0 saturated heterocycles. The lowest BCUT2D eigenvalue weighted by molar-refractivity contribution is -0.137. The maximum absolute atomic E-state index is 13.2. The van der Waals surface area contributed by atoms with Crippen molar-refractivity contribution in [3.8, 4) is 0 Å². The first kappa shape index (κ1) is 19.8. The maximum atomic E-state index is 13.2. The Hall–Kier alpha value is -3.51. The molecule has 4 aromatic rings. The van der Waals surface area contributed by atoms with Crippen LogP contribution in [0.1, 0.15) is 0 Å². The zero-order valence-corrected chi connectivity index (χ0v) is 17.3. The highest BCUT2D eigenvalue weighted by atomic mass is 35.5. The Labute approximate surface area is 177 Å². The normalized spacial score (nSPS) is 11.0. The molecule has 0 aliphatic rings. The van der Waals surface area contributed by atoms with E-state index < -0.39 is 5.97 Å². The van der Waals surface area contributed by atoms with Gasteiger partial charge in [-0.05, 0) is 42.5 Å². The summed E-state index contributed by atoms with van der Waals surface area (Å²) in [7, 11) is 3.63. The van der Waals surface area contributed by atoms with Gasteiger partial charge in [-0.3, -0.25) is 9.59 Å². The molecule has 0 radical (unpaired) electrons. The molecule has 7 heteroatoms. The van der Waals surface area contributed by atoms with E-state index in [1.165, 1.54) is 0 Å². The molecular weight excluding hydrogens is 402 g/mol. The second-order valence-corrected chi connectivity index (χ2v) is 7.63. The molecule has 0 bridgehead atoms. The summed E-state index contributed by atoms with van der Waals surface area (Å²) in [6.07, 6.45) is 0. The number of carboxylic acids is 1. The van der Waals surface area contributed by atoms with E-state index in [2.05, 4.69) is 5.32 Å². The second-order valence-electron chi connectivity index (χ2n) is 7.22. The molecule has 4 rings (SSSR count). The van der Waals surface area contributed by atoms with Crippen LogP contribution in [-0.4, -0.2) is 29.7 Å². The Bertz CT molecular complexity index is 1330. The van der Waals surface area contributed by atoms with Crippen LogP contribution < -0.4 is 15.6 Å². The molecule has 1 heterocycles. The molecule has 0 aliphatic heterocycles. The van der Waals surface area contributed by atoms with Crippen molar-refractivity contribution in [1.29, 1.82) is 0 Å². The van der Waals surface area contributed by atoms with Crippen LogP contribution in [0.5, 0.6) is 0 Å². The predicted molar refractivity (Wildman–Crippen MR) is 122 cm³/mol. The summed E-state index contributed by atoms with van der Waals surface area (Å²) in [4.78, 5) is 26.8. The van der Waals surface area contributed by atoms with Crippen LogP contribution in [0.15, 0.2) is 65.5 Å². The first-order valence-corrected chi connectivity index (χ1v) is 9.74. The average molecular weight is 422 g/mol. The molecule has 6 nitrogen and oxygen atoms in total. The van der Waals surface area contributed by atoms with Crippen LogP contribution in [0.4, 0.5) is 17.1 Å². The number of rotatable bonds is 5. The van der Waals surface area contributed by atoms with Crippen LogP contribution in [-0.2, 0) is 11.3 Å². The van der Waals surface area contributed by atoms with Gasteiger partial charge in [-0.1, -0.05) is 29.8 Å². The highest BCUT2D eigenvalue weighted by molar-refractivity contribution is 6.35. The minimum atomic E-state index is -1.01. The number of aromatic nitrogens is 1. The monoisotopic (exact) mass is 421 g/mol. The number of benzene rings is 3. The Kier molecular flexibility index (Phi) is 5.10. The quantitative estimate of drug-likeness (QED) is 0.457. The van der Waals surface area contributed by atoms with Crippen LogP contribution >= 0.6 is 11.6 Å². The number of carboxylic acid groups (broad SMARTS) is 1. The van der Waals surface area contributed by atoms with Gasteiger partial charge in [-0.2, -0.15) is 0 Å². The van der Waals surface area contributed by atoms with E-state index in [0.717, 1.165) is 11.4 Å². The van der Waals surface area contributed by atoms with Gasteiger partial charge in [-0.15, -0.1) is 0 Å². The first-order valence-electron chi connectivity index (χ1n) is 9.37. The third-order valence-corrected chi connectivity index (χ3v) is 5.26. The van der Waals surface area contributed by atoms with E-state index in [-0.39, 0.29) is 12.0 Å². The van der Waals surface area contributed by atoms with Crippen molar-refractivity contribution in [2.24, 2.45) is 0 Å². The van der Waals surface area contributed by atoms with Crippen molar-refractivity contribution in [3.63, 3.8) is 0 Å². The maximum Gasteiger partial charge on any atom is 0.323 e. The lowest BCUT2D eigenvalue weighted by Gasteiger charge is -2.22. The van der Waals surface area contributed by atoms with Crippen molar-refractivity contribution >= 4 is 56.4 Å². The summed E-state index contributed by atoms with van der Waals surface area (Å²) in [5.41, 5.74) is 3.12. The van der Waals surface area contributed by atoms with Crippen molar-refractivity contribution in [2.45, 2.75) is 6.54 Å². The number of halogens is 1. The number of para-hydroxylation sites is 1. The lowest BCUT2D eigenvalue weighted by Crippen LogP contribution is -2.19. The van der Waals surface area contributed by atoms with E-state index in [9.17, 15) is 14.7 Å². The Balaban J connectivity index is 2.07. The number of nitrogens with one attached hydrogen (secondary N) is 1. The molecule has 0 spiro atoms. The SMILES string of the molecule is CN(C)c1c(Cl)ccc2c(=O)c3ccc(Nc4ccccc4)cc3n(CC(=O)O)c12. The summed E-state index contributed by atoms with van der Waals surface area (Å²) in [5.74, 6) is -1.01.